The highest BCUT2D eigenvalue weighted by Crippen LogP contribution is 2.58. The predicted octanol–water partition coefficient (Wildman–Crippen LogP) is 1.64. The summed E-state index contributed by atoms with van der Waals surface area (Å²) in [6, 6.07) is 2.98. The van der Waals surface area contributed by atoms with Gasteiger partial charge in [-0.15, -0.1) is 0 Å². The van der Waals surface area contributed by atoms with E-state index in [-0.39, 0.29) is 42.5 Å². The van der Waals surface area contributed by atoms with Crippen molar-refractivity contribution in [3.63, 3.8) is 0 Å². The van der Waals surface area contributed by atoms with Crippen LogP contribution in [0.15, 0.2) is 23.8 Å². The van der Waals surface area contributed by atoms with Crippen LogP contribution in [0.1, 0.15) is 37.2 Å². The molecule has 0 radical (unpaired) electrons. The first-order chi connectivity index (χ1) is 19.0. The van der Waals surface area contributed by atoms with E-state index in [1.165, 1.54) is 19.2 Å². The van der Waals surface area contributed by atoms with E-state index in [2.05, 4.69) is 0 Å². The largest absolute Gasteiger partial charge is 0.503 e. The van der Waals surface area contributed by atoms with Gasteiger partial charge in [-0.3, -0.25) is 38.6 Å². The van der Waals surface area contributed by atoms with Gasteiger partial charge in [0.15, 0.2) is 11.5 Å². The molecule has 4 aliphatic rings. The van der Waals surface area contributed by atoms with Crippen LogP contribution in [-0.4, -0.2) is 80.9 Å². The predicted molar refractivity (Wildman–Crippen MR) is 135 cm³/mol. The molecule has 1 saturated carbocycles. The Balaban J connectivity index is 1.60. The minimum Gasteiger partial charge on any atom is -0.503 e. The van der Waals surface area contributed by atoms with Gasteiger partial charge in [0.25, 0.3) is 0 Å². The number of carbonyl (C=O) groups excluding carboxylic acids is 4. The van der Waals surface area contributed by atoms with Crippen LogP contribution in [0.25, 0.3) is 0 Å². The van der Waals surface area contributed by atoms with Crippen LogP contribution in [0.4, 0.5) is 0 Å². The molecular formula is C27H27ClN2O10. The maximum absolute atomic E-state index is 13.7. The molecule has 2 saturated heterocycles. The molecule has 40 heavy (non-hydrogen) atoms. The lowest BCUT2D eigenvalue weighted by molar-refractivity contribution is -0.145. The number of carboxylic acids is 2. The zero-order valence-electron chi connectivity index (χ0n) is 21.4. The minimum absolute atomic E-state index is 0.0435. The number of phenolic OH excluding ortho intramolecular Hbond substituents is 1. The number of nitrogens with zero attached hydrogens (tertiary/aromatic N) is 2. The monoisotopic (exact) mass is 574 g/mol. The number of hydrogen-bond acceptors (Lipinski definition) is 8. The van der Waals surface area contributed by atoms with E-state index in [1.54, 1.807) is 0 Å². The number of likely N-dealkylation sites (tertiary alicyclic amines) is 2. The molecule has 12 nitrogen and oxygen atoms in total. The summed E-state index contributed by atoms with van der Waals surface area (Å²) in [5, 5.41) is 28.5. The average Bonchev–Trinajstić information content (AvgIpc) is 3.29. The molecule has 0 aromatic heterocycles. The normalized spacial score (nSPS) is 29.2. The lowest BCUT2D eigenvalue weighted by Gasteiger charge is -2.44. The molecule has 0 spiro atoms. The smallest absolute Gasteiger partial charge is 0.305 e. The summed E-state index contributed by atoms with van der Waals surface area (Å²) in [5.41, 5.74) is 1.14. The highest BCUT2D eigenvalue weighted by molar-refractivity contribution is 6.32. The van der Waals surface area contributed by atoms with E-state index in [0.29, 0.717) is 11.1 Å². The number of rotatable bonds is 8. The summed E-state index contributed by atoms with van der Waals surface area (Å²) in [6.45, 7) is -0.564. The van der Waals surface area contributed by atoms with Crippen molar-refractivity contribution in [2.45, 2.75) is 31.6 Å². The van der Waals surface area contributed by atoms with Crippen LogP contribution in [0.5, 0.6) is 11.5 Å². The summed E-state index contributed by atoms with van der Waals surface area (Å²) in [4.78, 5) is 78.1. The summed E-state index contributed by atoms with van der Waals surface area (Å²) >= 11 is 6.29. The van der Waals surface area contributed by atoms with Gasteiger partial charge in [-0.25, -0.2) is 0 Å². The van der Waals surface area contributed by atoms with Gasteiger partial charge in [0, 0.05) is 19.0 Å². The Morgan fingerprint density at radius 3 is 2.05 bits per heavy atom. The molecule has 3 N–H and O–H groups in total. The Bertz CT molecular complexity index is 1370. The molecule has 2 aliphatic carbocycles. The average molecular weight is 575 g/mol. The maximum atomic E-state index is 13.7. The maximum Gasteiger partial charge on any atom is 0.305 e. The van der Waals surface area contributed by atoms with Gasteiger partial charge in [-0.1, -0.05) is 23.3 Å². The zero-order valence-corrected chi connectivity index (χ0v) is 22.2. The standard InChI is InChI=1S/C27H27ClN2O10/c1-40-17-9-11(8-16(28)23(17)35)20-12-2-3-13-21(26(38)29(24(13)36)6-4-18(31)32)14(12)10-15-22(20)27(39)30(25(15)37)7-5-19(33)34/h2,8-9,13-15,20-22,35H,3-7,10H2,1H3,(H,31,32)(H,33,34). The summed E-state index contributed by atoms with van der Waals surface area (Å²) < 4.78 is 5.26. The number of halogens is 1. The molecule has 3 fully saturated rings. The number of benzene rings is 1. The number of carbonyl (C=O) groups is 6. The van der Waals surface area contributed by atoms with Gasteiger partial charge in [0.2, 0.25) is 23.6 Å². The van der Waals surface area contributed by atoms with Crippen molar-refractivity contribution < 1.29 is 48.8 Å². The van der Waals surface area contributed by atoms with E-state index in [1.807, 2.05) is 6.08 Å². The number of ether oxygens (including phenoxy) is 1. The molecular weight excluding hydrogens is 548 g/mol. The second-order valence-corrected chi connectivity index (χ2v) is 10.9. The zero-order chi connectivity index (χ0) is 29.0. The highest BCUT2D eigenvalue weighted by Gasteiger charge is 2.61. The fourth-order valence-electron chi connectivity index (χ4n) is 6.88. The number of amides is 4. The molecule has 212 valence electrons. The van der Waals surface area contributed by atoms with Crippen molar-refractivity contribution in [3.05, 3.63) is 34.4 Å². The number of allylic oxidation sites excluding steroid dienone is 2. The van der Waals surface area contributed by atoms with E-state index in [9.17, 15) is 33.9 Å². The quantitative estimate of drug-likeness (QED) is 0.305. The van der Waals surface area contributed by atoms with Crippen LogP contribution in [0.2, 0.25) is 5.02 Å². The van der Waals surface area contributed by atoms with Crippen molar-refractivity contribution in [1.82, 2.24) is 9.80 Å². The van der Waals surface area contributed by atoms with Gasteiger partial charge >= 0.3 is 11.9 Å². The van der Waals surface area contributed by atoms with E-state index in [0.717, 1.165) is 9.80 Å². The topological polar surface area (TPSA) is 179 Å². The van der Waals surface area contributed by atoms with Crippen molar-refractivity contribution in [2.75, 3.05) is 20.2 Å². The SMILES string of the molecule is COc1cc(C2C3=CCC4C(=O)N(CCC(=O)O)C(=O)C4C3CC3C(=O)N(CCC(=O)O)C(=O)C32)cc(Cl)c1O. The second kappa shape index (κ2) is 10.2. The Kier molecular flexibility index (Phi) is 7.07. The molecule has 6 unspecified atom stereocenters. The Hall–Kier alpha value is -3.93. The molecule has 0 bridgehead atoms. The number of fused-ring (bicyclic) bond motifs is 4. The first kappa shape index (κ1) is 27.6. The van der Waals surface area contributed by atoms with E-state index >= 15 is 0 Å². The van der Waals surface area contributed by atoms with Crippen LogP contribution in [0.3, 0.4) is 0 Å². The number of phenols is 1. The molecule has 2 heterocycles. The number of hydrogen-bond donors (Lipinski definition) is 3. The van der Waals surface area contributed by atoms with Gasteiger partial charge in [-0.2, -0.15) is 0 Å². The van der Waals surface area contributed by atoms with Gasteiger partial charge in [-0.05, 0) is 36.5 Å². The van der Waals surface area contributed by atoms with Crippen molar-refractivity contribution in [2.24, 2.45) is 29.6 Å². The number of imide groups is 2. The lowest BCUT2D eigenvalue weighted by atomic mass is 9.57. The van der Waals surface area contributed by atoms with Crippen molar-refractivity contribution >= 4 is 47.2 Å². The van der Waals surface area contributed by atoms with Crippen molar-refractivity contribution in [1.29, 1.82) is 0 Å². The van der Waals surface area contributed by atoms with Gasteiger partial charge < -0.3 is 20.1 Å². The number of methoxy groups -OCH3 is 1. The first-order valence-electron chi connectivity index (χ1n) is 12.9. The Morgan fingerprint density at radius 2 is 1.48 bits per heavy atom. The van der Waals surface area contributed by atoms with Crippen LogP contribution >= 0.6 is 11.6 Å². The first-order valence-corrected chi connectivity index (χ1v) is 13.2. The third kappa shape index (κ3) is 4.30. The van der Waals surface area contributed by atoms with Crippen LogP contribution < -0.4 is 4.74 Å². The third-order valence-corrected chi connectivity index (χ3v) is 8.85. The fraction of sp³-hybridized carbons (Fsp3) is 0.481. The number of carboxylic acid groups (broad SMARTS) is 2. The highest BCUT2D eigenvalue weighted by atomic mass is 35.5. The molecule has 1 aromatic carbocycles. The molecule has 4 amide bonds. The van der Waals surface area contributed by atoms with E-state index in [4.69, 9.17) is 26.6 Å². The lowest BCUT2D eigenvalue weighted by Crippen LogP contribution is -2.43. The van der Waals surface area contributed by atoms with Crippen LogP contribution in [0, 0.1) is 29.6 Å². The second-order valence-electron chi connectivity index (χ2n) is 10.5. The Labute approximate surface area is 233 Å². The molecule has 13 heteroatoms. The molecule has 2 aliphatic heterocycles. The van der Waals surface area contributed by atoms with Gasteiger partial charge in [0.1, 0.15) is 0 Å². The molecule has 6 atom stereocenters. The van der Waals surface area contributed by atoms with Gasteiger partial charge in [0.05, 0.1) is 48.6 Å². The summed E-state index contributed by atoms with van der Waals surface area (Å²) in [7, 11) is 1.33. The fourth-order valence-corrected chi connectivity index (χ4v) is 7.10. The third-order valence-electron chi connectivity index (χ3n) is 8.56. The van der Waals surface area contributed by atoms with E-state index < -0.39 is 83.9 Å². The van der Waals surface area contributed by atoms with Crippen molar-refractivity contribution in [3.8, 4) is 11.5 Å². The summed E-state index contributed by atoms with van der Waals surface area (Å²) in [6.07, 6.45) is 1.27. The summed E-state index contributed by atoms with van der Waals surface area (Å²) in [5.74, 6) is -9.37. The van der Waals surface area contributed by atoms with Crippen LogP contribution in [-0.2, 0) is 28.8 Å². The molecule has 5 rings (SSSR count). The number of aliphatic carboxylic acids is 2. The molecule has 1 aromatic rings. The Morgan fingerprint density at radius 1 is 0.900 bits per heavy atom. The minimum atomic E-state index is -1.17. The number of aromatic hydroxyl groups is 1.